The monoisotopic (exact) mass is 346 g/mol. The maximum atomic E-state index is 12.5. The van der Waals surface area contributed by atoms with Gasteiger partial charge in [-0.25, -0.2) is 4.79 Å². The maximum Gasteiger partial charge on any atom is 0.325 e. The van der Waals surface area contributed by atoms with E-state index in [2.05, 4.69) is 35.1 Å². The zero-order valence-electron chi connectivity index (χ0n) is 13.1. The molecule has 0 aromatic heterocycles. The van der Waals surface area contributed by atoms with Crippen LogP contribution in [0.3, 0.4) is 0 Å². The third kappa shape index (κ3) is 3.35. The fourth-order valence-corrected chi connectivity index (χ4v) is 3.72. The van der Waals surface area contributed by atoms with E-state index >= 15 is 0 Å². The number of halogens is 1. The Labute approximate surface area is 130 Å². The van der Waals surface area contributed by atoms with Gasteiger partial charge in [0.15, 0.2) is 0 Å². The van der Waals surface area contributed by atoms with E-state index in [1.807, 2.05) is 13.8 Å². The molecule has 1 aliphatic rings. The van der Waals surface area contributed by atoms with Crippen molar-refractivity contribution in [2.24, 2.45) is 5.41 Å². The third-order valence-corrected chi connectivity index (χ3v) is 5.58. The van der Waals surface area contributed by atoms with Gasteiger partial charge in [-0.1, -0.05) is 49.5 Å². The Kier molecular flexibility index (Phi) is 6.05. The molecule has 1 N–H and O–H groups in total. The highest BCUT2D eigenvalue weighted by molar-refractivity contribution is 9.09. The van der Waals surface area contributed by atoms with Crippen LogP contribution in [0.1, 0.15) is 59.8 Å². The summed E-state index contributed by atoms with van der Waals surface area (Å²) >= 11 is 3.60. The topological polar surface area (TPSA) is 49.4 Å². The number of nitrogens with zero attached hydrogens (tertiary/aromatic N) is 1. The molecule has 5 heteroatoms. The van der Waals surface area contributed by atoms with E-state index in [9.17, 15) is 9.59 Å². The molecule has 0 aliphatic carbocycles. The second kappa shape index (κ2) is 6.92. The quantitative estimate of drug-likeness (QED) is 0.538. The summed E-state index contributed by atoms with van der Waals surface area (Å²) in [6.07, 6.45) is 4.77. The average Bonchev–Trinajstić information content (AvgIpc) is 2.63. The van der Waals surface area contributed by atoms with E-state index in [1.54, 1.807) is 0 Å². The van der Waals surface area contributed by atoms with Crippen molar-refractivity contribution in [2.75, 3.05) is 11.9 Å². The first-order valence-corrected chi connectivity index (χ1v) is 8.70. The summed E-state index contributed by atoms with van der Waals surface area (Å²) in [5, 5.41) is 3.65. The Morgan fingerprint density at radius 1 is 1.20 bits per heavy atom. The summed E-state index contributed by atoms with van der Waals surface area (Å²) in [7, 11) is 0. The van der Waals surface area contributed by atoms with Crippen molar-refractivity contribution in [1.29, 1.82) is 0 Å². The molecular weight excluding hydrogens is 320 g/mol. The number of nitrogens with one attached hydrogen (secondary N) is 1. The third-order valence-electron chi connectivity index (χ3n) is 4.39. The molecule has 0 aromatic rings. The number of hydrogen-bond acceptors (Lipinski definition) is 2. The van der Waals surface area contributed by atoms with Crippen LogP contribution < -0.4 is 5.32 Å². The predicted octanol–water partition coefficient (Wildman–Crippen LogP) is 3.69. The molecule has 0 aromatic carbocycles. The fourth-order valence-electron chi connectivity index (χ4n) is 2.99. The minimum Gasteiger partial charge on any atom is -0.323 e. The average molecular weight is 347 g/mol. The van der Waals surface area contributed by atoms with E-state index < -0.39 is 5.54 Å². The van der Waals surface area contributed by atoms with Gasteiger partial charge in [-0.2, -0.15) is 0 Å². The van der Waals surface area contributed by atoms with Gasteiger partial charge in [0.25, 0.3) is 5.91 Å². The maximum absolute atomic E-state index is 12.5. The van der Waals surface area contributed by atoms with Crippen molar-refractivity contribution >= 4 is 27.9 Å². The molecule has 116 valence electrons. The number of carbonyl (C=O) groups is 2. The highest BCUT2D eigenvalue weighted by Gasteiger charge is 2.48. The molecule has 0 spiro atoms. The zero-order valence-corrected chi connectivity index (χ0v) is 14.7. The van der Waals surface area contributed by atoms with Crippen molar-refractivity contribution in [1.82, 2.24) is 10.2 Å². The van der Waals surface area contributed by atoms with Crippen LogP contribution in [0.15, 0.2) is 0 Å². The zero-order chi connectivity index (χ0) is 15.4. The van der Waals surface area contributed by atoms with Crippen molar-refractivity contribution in [2.45, 2.75) is 65.3 Å². The first kappa shape index (κ1) is 17.5. The highest BCUT2D eigenvalue weighted by atomic mass is 79.9. The first-order chi connectivity index (χ1) is 9.38. The Morgan fingerprint density at radius 3 is 2.10 bits per heavy atom. The first-order valence-electron chi connectivity index (χ1n) is 7.58. The van der Waals surface area contributed by atoms with E-state index in [0.29, 0.717) is 13.0 Å². The molecule has 1 heterocycles. The number of rotatable bonds is 8. The number of urea groups is 1. The van der Waals surface area contributed by atoms with Gasteiger partial charge in [0.2, 0.25) is 0 Å². The summed E-state index contributed by atoms with van der Waals surface area (Å²) in [4.78, 5) is 26.1. The predicted molar refractivity (Wildman–Crippen MR) is 85.0 cm³/mol. The molecule has 20 heavy (non-hydrogen) atoms. The fraction of sp³-hybridized carbons (Fsp3) is 0.867. The van der Waals surface area contributed by atoms with Crippen molar-refractivity contribution in [3.63, 3.8) is 0 Å². The Bertz CT molecular complexity index is 367. The Morgan fingerprint density at radius 2 is 1.75 bits per heavy atom. The number of amides is 3. The van der Waals surface area contributed by atoms with Crippen molar-refractivity contribution < 1.29 is 9.59 Å². The summed E-state index contributed by atoms with van der Waals surface area (Å²) < 4.78 is 0. The molecule has 3 amide bonds. The molecule has 1 unspecified atom stereocenters. The van der Waals surface area contributed by atoms with Crippen LogP contribution >= 0.6 is 15.9 Å². The van der Waals surface area contributed by atoms with Crippen LogP contribution in [-0.4, -0.2) is 34.3 Å². The van der Waals surface area contributed by atoms with E-state index in [-0.39, 0.29) is 17.4 Å². The number of carbonyl (C=O) groups excluding carboxylic acids is 2. The molecule has 4 nitrogen and oxygen atoms in total. The van der Waals surface area contributed by atoms with Gasteiger partial charge in [-0.15, -0.1) is 0 Å². The lowest BCUT2D eigenvalue weighted by molar-refractivity contribution is -0.132. The minimum absolute atomic E-state index is 0.00447. The van der Waals surface area contributed by atoms with Crippen LogP contribution in [0.25, 0.3) is 0 Å². The van der Waals surface area contributed by atoms with Crippen LogP contribution in [0.5, 0.6) is 0 Å². The van der Waals surface area contributed by atoms with Crippen LogP contribution in [0, 0.1) is 5.41 Å². The molecular formula is C15H27BrN2O2. The standard InChI is InChI=1S/C15H27BrN2O2/c1-5-8-15(10-16,9-6-2)11-18-12(19)14(4,7-3)17-13(18)20/h5-11H2,1-4H3,(H,17,20). The summed E-state index contributed by atoms with van der Waals surface area (Å²) in [5.41, 5.74) is -0.733. The van der Waals surface area contributed by atoms with Gasteiger partial charge in [0.05, 0.1) is 0 Å². The van der Waals surface area contributed by atoms with Crippen LogP contribution in [-0.2, 0) is 4.79 Å². The molecule has 1 rings (SSSR count). The number of hydrogen-bond donors (Lipinski definition) is 1. The molecule has 1 atom stereocenters. The summed E-state index contributed by atoms with van der Waals surface area (Å²) in [5.74, 6) is -0.0810. The van der Waals surface area contributed by atoms with Crippen molar-refractivity contribution in [3.05, 3.63) is 0 Å². The van der Waals surface area contributed by atoms with E-state index in [0.717, 1.165) is 31.0 Å². The SMILES string of the molecule is CCCC(CBr)(CCC)CN1C(=O)NC(C)(CC)C1=O. The molecule has 1 fully saturated rings. The lowest BCUT2D eigenvalue weighted by Gasteiger charge is -2.34. The molecule has 1 aliphatic heterocycles. The van der Waals surface area contributed by atoms with Gasteiger partial charge < -0.3 is 5.32 Å². The highest BCUT2D eigenvalue weighted by Crippen LogP contribution is 2.35. The van der Waals surface area contributed by atoms with Crippen LogP contribution in [0.4, 0.5) is 4.79 Å². The van der Waals surface area contributed by atoms with Gasteiger partial charge in [-0.05, 0) is 31.6 Å². The lowest BCUT2D eigenvalue weighted by atomic mass is 9.80. The number of imide groups is 1. The Hall–Kier alpha value is -0.580. The minimum atomic E-state index is -0.729. The molecule has 0 saturated carbocycles. The lowest BCUT2D eigenvalue weighted by Crippen LogP contribution is -2.45. The van der Waals surface area contributed by atoms with E-state index in [4.69, 9.17) is 0 Å². The summed E-state index contributed by atoms with van der Waals surface area (Å²) in [6.45, 7) is 8.55. The van der Waals surface area contributed by atoms with Gasteiger partial charge >= 0.3 is 6.03 Å². The summed E-state index contributed by atoms with van der Waals surface area (Å²) in [6, 6.07) is -0.239. The van der Waals surface area contributed by atoms with Crippen LogP contribution in [0.2, 0.25) is 0 Å². The number of alkyl halides is 1. The smallest absolute Gasteiger partial charge is 0.323 e. The largest absolute Gasteiger partial charge is 0.325 e. The second-order valence-corrected chi connectivity index (χ2v) is 6.70. The normalized spacial score (nSPS) is 23.4. The molecule has 0 bridgehead atoms. The second-order valence-electron chi connectivity index (χ2n) is 6.14. The molecule has 0 radical (unpaired) electrons. The van der Waals surface area contributed by atoms with Crippen molar-refractivity contribution in [3.8, 4) is 0 Å². The van der Waals surface area contributed by atoms with Gasteiger partial charge in [-0.3, -0.25) is 9.69 Å². The Balaban J connectivity index is 2.93. The van der Waals surface area contributed by atoms with E-state index in [1.165, 1.54) is 4.90 Å². The molecule has 1 saturated heterocycles. The van der Waals surface area contributed by atoms with Gasteiger partial charge in [0, 0.05) is 11.9 Å². The van der Waals surface area contributed by atoms with Gasteiger partial charge in [0.1, 0.15) is 5.54 Å².